The van der Waals surface area contributed by atoms with Crippen molar-refractivity contribution in [3.63, 3.8) is 0 Å². The van der Waals surface area contributed by atoms with Gasteiger partial charge in [-0.3, -0.25) is 0 Å². The maximum Gasteiger partial charge on any atom is 0.339 e. The summed E-state index contributed by atoms with van der Waals surface area (Å²) in [6.07, 6.45) is 13.6. The van der Waals surface area contributed by atoms with Gasteiger partial charge in [-0.15, -0.1) is 0 Å². The van der Waals surface area contributed by atoms with Crippen molar-refractivity contribution in [3.05, 3.63) is 35.4 Å². The Morgan fingerprint density at radius 3 is 1.67 bits per heavy atom. The number of esters is 2. The number of rotatable bonds is 16. The minimum atomic E-state index is -0.488. The van der Waals surface area contributed by atoms with Crippen molar-refractivity contribution in [2.75, 3.05) is 6.61 Å². The highest BCUT2D eigenvalue weighted by atomic mass is 16.5. The van der Waals surface area contributed by atoms with Crippen LogP contribution < -0.4 is 0 Å². The number of carbonyl (C=O) groups excluding carboxylic acids is 2. The van der Waals surface area contributed by atoms with Gasteiger partial charge in [0, 0.05) is 0 Å². The molecular weight excluding hydrogens is 376 g/mol. The van der Waals surface area contributed by atoms with Gasteiger partial charge in [-0.05, 0) is 38.3 Å². The third kappa shape index (κ3) is 12.0. The second-order valence-electron chi connectivity index (χ2n) is 8.85. The number of carbonyl (C=O) groups is 2. The molecule has 0 unspecified atom stereocenters. The monoisotopic (exact) mass is 418 g/mol. The van der Waals surface area contributed by atoms with Gasteiger partial charge in [-0.1, -0.05) is 90.2 Å². The van der Waals surface area contributed by atoms with Gasteiger partial charge in [0.2, 0.25) is 0 Å². The molecule has 0 saturated carbocycles. The maximum atomic E-state index is 12.3. The molecule has 0 fully saturated rings. The number of unbranched alkanes of at least 4 members (excludes halogenated alkanes) is 9. The van der Waals surface area contributed by atoms with Crippen molar-refractivity contribution in [1.82, 2.24) is 0 Å². The first-order valence-electron chi connectivity index (χ1n) is 11.9. The summed E-state index contributed by atoms with van der Waals surface area (Å²) in [7, 11) is 0. The van der Waals surface area contributed by atoms with Gasteiger partial charge in [0.1, 0.15) is 0 Å². The molecule has 0 bridgehead atoms. The van der Waals surface area contributed by atoms with Crippen molar-refractivity contribution in [2.24, 2.45) is 5.92 Å². The topological polar surface area (TPSA) is 52.6 Å². The lowest BCUT2D eigenvalue weighted by atomic mass is 10.0. The zero-order valence-corrected chi connectivity index (χ0v) is 19.6. The Morgan fingerprint density at radius 2 is 1.17 bits per heavy atom. The lowest BCUT2D eigenvalue weighted by Crippen LogP contribution is -2.17. The summed E-state index contributed by atoms with van der Waals surface area (Å²) in [6, 6.07) is 6.67. The molecule has 0 aliphatic carbocycles. The fraction of sp³-hybridized carbons (Fsp3) is 0.692. The molecule has 1 aromatic rings. The Morgan fingerprint density at radius 1 is 0.700 bits per heavy atom. The second-order valence-corrected chi connectivity index (χ2v) is 8.85. The summed E-state index contributed by atoms with van der Waals surface area (Å²) in [6.45, 7) is 8.55. The molecular formula is C26H42O4. The molecule has 0 amide bonds. The predicted octanol–water partition coefficient (Wildman–Crippen LogP) is 7.36. The molecule has 0 radical (unpaired) electrons. The molecule has 1 rings (SSSR count). The highest BCUT2D eigenvalue weighted by molar-refractivity contribution is 6.03. The van der Waals surface area contributed by atoms with E-state index in [1.807, 2.05) is 0 Å². The molecule has 170 valence electrons. The summed E-state index contributed by atoms with van der Waals surface area (Å²) in [5.41, 5.74) is 0.539. The van der Waals surface area contributed by atoms with Crippen molar-refractivity contribution < 1.29 is 19.1 Å². The number of hydrogen-bond acceptors (Lipinski definition) is 4. The lowest BCUT2D eigenvalue weighted by molar-refractivity contribution is 0.0360. The van der Waals surface area contributed by atoms with Crippen molar-refractivity contribution in [3.8, 4) is 0 Å². The fourth-order valence-corrected chi connectivity index (χ4v) is 3.43. The summed E-state index contributed by atoms with van der Waals surface area (Å²) < 4.78 is 10.6. The van der Waals surface area contributed by atoms with E-state index in [0.29, 0.717) is 6.61 Å². The Hall–Kier alpha value is -1.84. The maximum absolute atomic E-state index is 12.3. The van der Waals surface area contributed by atoms with Crippen LogP contribution in [0.1, 0.15) is 119 Å². The Labute approximate surface area is 183 Å². The minimum Gasteiger partial charge on any atom is -0.462 e. The molecule has 0 aromatic heterocycles. The van der Waals surface area contributed by atoms with E-state index in [0.717, 1.165) is 18.8 Å². The van der Waals surface area contributed by atoms with Crippen LogP contribution >= 0.6 is 0 Å². The minimum absolute atomic E-state index is 0.230. The molecule has 0 atom stereocenters. The summed E-state index contributed by atoms with van der Waals surface area (Å²) in [5.74, 6) is -0.110. The van der Waals surface area contributed by atoms with Gasteiger partial charge in [-0.2, -0.15) is 0 Å². The van der Waals surface area contributed by atoms with E-state index in [1.54, 1.807) is 38.1 Å². The van der Waals surface area contributed by atoms with Crippen LogP contribution in [0.15, 0.2) is 24.3 Å². The molecule has 30 heavy (non-hydrogen) atoms. The van der Waals surface area contributed by atoms with Crippen molar-refractivity contribution in [1.29, 1.82) is 0 Å². The van der Waals surface area contributed by atoms with E-state index in [9.17, 15) is 9.59 Å². The molecule has 4 nitrogen and oxygen atoms in total. The lowest BCUT2D eigenvalue weighted by Gasteiger charge is -2.11. The molecule has 0 N–H and O–H groups in total. The van der Waals surface area contributed by atoms with Crippen LogP contribution in [-0.2, 0) is 9.47 Å². The van der Waals surface area contributed by atoms with Crippen molar-refractivity contribution in [2.45, 2.75) is 104 Å². The van der Waals surface area contributed by atoms with E-state index < -0.39 is 11.9 Å². The SMILES string of the molecule is CC(C)CCCCCCCCCCCCOC(=O)c1ccccc1C(=O)OC(C)C. The number of ether oxygens (including phenoxy) is 2. The van der Waals surface area contributed by atoms with E-state index in [2.05, 4.69) is 13.8 Å². The Kier molecular flexibility index (Phi) is 13.9. The van der Waals surface area contributed by atoms with Crippen LogP contribution in [0.2, 0.25) is 0 Å². The molecule has 0 aliphatic heterocycles. The van der Waals surface area contributed by atoms with Crippen LogP contribution in [0.4, 0.5) is 0 Å². The standard InChI is InChI=1S/C26H42O4/c1-21(2)17-13-11-9-7-5-6-8-10-12-16-20-29-25(27)23-18-14-15-19-24(23)26(28)30-22(3)4/h14-15,18-19,21-22H,5-13,16-17,20H2,1-4H3. The fourth-order valence-electron chi connectivity index (χ4n) is 3.43. The molecule has 0 spiro atoms. The van der Waals surface area contributed by atoms with E-state index >= 15 is 0 Å². The van der Waals surface area contributed by atoms with Gasteiger partial charge in [0.05, 0.1) is 23.8 Å². The zero-order valence-electron chi connectivity index (χ0n) is 19.6. The summed E-state index contributed by atoms with van der Waals surface area (Å²) in [5, 5.41) is 0. The molecule has 0 heterocycles. The van der Waals surface area contributed by atoms with Gasteiger partial charge < -0.3 is 9.47 Å². The molecule has 1 aromatic carbocycles. The average molecular weight is 419 g/mol. The first kappa shape index (κ1) is 26.2. The second kappa shape index (κ2) is 15.9. The van der Waals surface area contributed by atoms with E-state index in [1.165, 1.54) is 57.8 Å². The van der Waals surface area contributed by atoms with E-state index in [-0.39, 0.29) is 17.2 Å². The zero-order chi connectivity index (χ0) is 22.2. The normalized spacial score (nSPS) is 11.1. The van der Waals surface area contributed by atoms with Crippen LogP contribution in [0, 0.1) is 5.92 Å². The predicted molar refractivity (Wildman–Crippen MR) is 123 cm³/mol. The van der Waals surface area contributed by atoms with Gasteiger partial charge in [0.15, 0.2) is 0 Å². The summed E-state index contributed by atoms with van der Waals surface area (Å²) >= 11 is 0. The van der Waals surface area contributed by atoms with Crippen molar-refractivity contribution >= 4 is 11.9 Å². The molecule has 0 aliphatic rings. The summed E-state index contributed by atoms with van der Waals surface area (Å²) in [4.78, 5) is 24.5. The third-order valence-electron chi connectivity index (χ3n) is 5.12. The van der Waals surface area contributed by atoms with Crippen LogP contribution in [0.3, 0.4) is 0 Å². The first-order valence-corrected chi connectivity index (χ1v) is 11.9. The van der Waals surface area contributed by atoms with Gasteiger partial charge in [-0.25, -0.2) is 9.59 Å². The first-order chi connectivity index (χ1) is 14.4. The smallest absolute Gasteiger partial charge is 0.339 e. The van der Waals surface area contributed by atoms with Crippen LogP contribution in [-0.4, -0.2) is 24.6 Å². The quantitative estimate of drug-likeness (QED) is 0.208. The average Bonchev–Trinajstić information content (AvgIpc) is 2.70. The largest absolute Gasteiger partial charge is 0.462 e. The number of benzene rings is 1. The molecule has 0 saturated heterocycles. The van der Waals surface area contributed by atoms with Crippen LogP contribution in [0.25, 0.3) is 0 Å². The van der Waals surface area contributed by atoms with E-state index in [4.69, 9.17) is 9.47 Å². The Balaban J connectivity index is 2.11. The Bertz CT molecular complexity index is 607. The third-order valence-corrected chi connectivity index (χ3v) is 5.12. The highest BCUT2D eigenvalue weighted by Crippen LogP contribution is 2.15. The van der Waals surface area contributed by atoms with Gasteiger partial charge in [0.25, 0.3) is 0 Å². The van der Waals surface area contributed by atoms with Gasteiger partial charge >= 0.3 is 11.9 Å². The number of hydrogen-bond donors (Lipinski definition) is 0. The van der Waals surface area contributed by atoms with Crippen LogP contribution in [0.5, 0.6) is 0 Å². The highest BCUT2D eigenvalue weighted by Gasteiger charge is 2.19. The molecule has 4 heteroatoms.